The van der Waals surface area contributed by atoms with Crippen LogP contribution in [0.5, 0.6) is 0 Å². The van der Waals surface area contributed by atoms with E-state index in [2.05, 4.69) is 0 Å². The summed E-state index contributed by atoms with van der Waals surface area (Å²) in [5.41, 5.74) is 0.724. The third-order valence-electron chi connectivity index (χ3n) is 1.56. The number of halogens is 1. The second-order valence-electron chi connectivity index (χ2n) is 2.75. The third-order valence-corrected chi connectivity index (χ3v) is 1.56. The van der Waals surface area contributed by atoms with E-state index in [0.29, 0.717) is 5.84 Å². The SMILES string of the molecule is CN(C)C(=N)c1ccc(F)cc1. The van der Waals surface area contributed by atoms with Gasteiger partial charge in [-0.15, -0.1) is 0 Å². The van der Waals surface area contributed by atoms with E-state index in [0.717, 1.165) is 5.56 Å². The van der Waals surface area contributed by atoms with Crippen molar-refractivity contribution in [1.82, 2.24) is 4.90 Å². The molecular formula is C9H11FN2. The number of rotatable bonds is 1. The molecule has 0 aliphatic heterocycles. The molecular weight excluding hydrogens is 155 g/mol. The summed E-state index contributed by atoms with van der Waals surface area (Å²) in [5.74, 6) is 0.111. The standard InChI is InChI=1S/C9H11FN2/c1-12(2)9(11)7-3-5-8(10)6-4-7/h3-6,11H,1-2H3. The number of hydrogen-bond donors (Lipinski definition) is 1. The molecule has 0 amide bonds. The van der Waals surface area contributed by atoms with E-state index < -0.39 is 0 Å². The molecule has 0 aromatic heterocycles. The van der Waals surface area contributed by atoms with Gasteiger partial charge in [0.05, 0.1) is 0 Å². The van der Waals surface area contributed by atoms with Gasteiger partial charge in [0.2, 0.25) is 0 Å². The van der Waals surface area contributed by atoms with Gasteiger partial charge in [-0.3, -0.25) is 5.41 Å². The van der Waals surface area contributed by atoms with Crippen molar-refractivity contribution in [2.24, 2.45) is 0 Å². The summed E-state index contributed by atoms with van der Waals surface area (Å²) < 4.78 is 12.5. The van der Waals surface area contributed by atoms with Crippen LogP contribution in [-0.4, -0.2) is 24.8 Å². The lowest BCUT2D eigenvalue weighted by atomic mass is 10.2. The highest BCUT2D eigenvalue weighted by atomic mass is 19.1. The van der Waals surface area contributed by atoms with Crippen molar-refractivity contribution in [2.45, 2.75) is 0 Å². The highest BCUT2D eigenvalue weighted by Gasteiger charge is 2.01. The minimum Gasteiger partial charge on any atom is -0.363 e. The van der Waals surface area contributed by atoms with E-state index in [-0.39, 0.29) is 5.82 Å². The lowest BCUT2D eigenvalue weighted by molar-refractivity contribution is 0.616. The molecule has 0 unspecified atom stereocenters. The predicted molar refractivity (Wildman–Crippen MR) is 46.9 cm³/mol. The molecule has 0 aliphatic rings. The Morgan fingerprint density at radius 1 is 1.25 bits per heavy atom. The monoisotopic (exact) mass is 166 g/mol. The second kappa shape index (κ2) is 3.34. The van der Waals surface area contributed by atoms with Gasteiger partial charge in [-0.1, -0.05) is 0 Å². The van der Waals surface area contributed by atoms with Crippen LogP contribution in [0.15, 0.2) is 24.3 Å². The van der Waals surface area contributed by atoms with Gasteiger partial charge in [0.15, 0.2) is 0 Å². The first-order chi connectivity index (χ1) is 5.61. The predicted octanol–water partition coefficient (Wildman–Crippen LogP) is 1.71. The average molecular weight is 166 g/mol. The zero-order chi connectivity index (χ0) is 9.14. The van der Waals surface area contributed by atoms with Crippen molar-refractivity contribution in [3.8, 4) is 0 Å². The molecule has 0 spiro atoms. The normalized spacial score (nSPS) is 9.58. The lowest BCUT2D eigenvalue weighted by Crippen LogP contribution is -2.21. The Hall–Kier alpha value is -1.38. The topological polar surface area (TPSA) is 27.1 Å². The molecule has 12 heavy (non-hydrogen) atoms. The molecule has 1 aromatic rings. The zero-order valence-electron chi connectivity index (χ0n) is 7.13. The second-order valence-corrected chi connectivity index (χ2v) is 2.75. The van der Waals surface area contributed by atoms with Crippen LogP contribution in [0.25, 0.3) is 0 Å². The number of nitrogens with zero attached hydrogens (tertiary/aromatic N) is 1. The van der Waals surface area contributed by atoms with Crippen LogP contribution in [-0.2, 0) is 0 Å². The van der Waals surface area contributed by atoms with Gasteiger partial charge in [-0.25, -0.2) is 4.39 Å². The highest BCUT2D eigenvalue weighted by Crippen LogP contribution is 2.04. The van der Waals surface area contributed by atoms with Gasteiger partial charge >= 0.3 is 0 Å². The van der Waals surface area contributed by atoms with Crippen LogP contribution in [0.4, 0.5) is 4.39 Å². The molecule has 0 atom stereocenters. The van der Waals surface area contributed by atoms with E-state index >= 15 is 0 Å². The van der Waals surface area contributed by atoms with Crippen LogP contribution in [0, 0.1) is 11.2 Å². The fourth-order valence-corrected chi connectivity index (χ4v) is 0.866. The van der Waals surface area contributed by atoms with E-state index in [9.17, 15) is 4.39 Å². The summed E-state index contributed by atoms with van der Waals surface area (Å²) in [7, 11) is 3.57. The van der Waals surface area contributed by atoms with Crippen molar-refractivity contribution in [3.05, 3.63) is 35.6 Å². The maximum Gasteiger partial charge on any atom is 0.127 e. The Morgan fingerprint density at radius 3 is 2.17 bits per heavy atom. The van der Waals surface area contributed by atoms with Gasteiger partial charge in [0, 0.05) is 19.7 Å². The molecule has 64 valence electrons. The zero-order valence-corrected chi connectivity index (χ0v) is 7.13. The molecule has 0 aliphatic carbocycles. The van der Waals surface area contributed by atoms with E-state index in [1.165, 1.54) is 12.1 Å². The first-order valence-electron chi connectivity index (χ1n) is 3.63. The Kier molecular flexibility index (Phi) is 2.43. The number of hydrogen-bond acceptors (Lipinski definition) is 1. The van der Waals surface area contributed by atoms with Gasteiger partial charge in [-0.05, 0) is 24.3 Å². The van der Waals surface area contributed by atoms with Crippen molar-refractivity contribution in [2.75, 3.05) is 14.1 Å². The van der Waals surface area contributed by atoms with Crippen molar-refractivity contribution < 1.29 is 4.39 Å². The molecule has 0 fully saturated rings. The molecule has 2 nitrogen and oxygen atoms in total. The molecule has 1 N–H and O–H groups in total. The lowest BCUT2D eigenvalue weighted by Gasteiger charge is -2.12. The Labute approximate surface area is 71.1 Å². The molecule has 1 aromatic carbocycles. The molecule has 0 bridgehead atoms. The maximum atomic E-state index is 12.5. The van der Waals surface area contributed by atoms with Crippen LogP contribution < -0.4 is 0 Å². The Bertz CT molecular complexity index is 277. The molecule has 0 heterocycles. The van der Waals surface area contributed by atoms with Gasteiger partial charge in [-0.2, -0.15) is 0 Å². The Balaban J connectivity index is 2.90. The molecule has 3 heteroatoms. The smallest absolute Gasteiger partial charge is 0.127 e. The van der Waals surface area contributed by atoms with Gasteiger partial charge < -0.3 is 4.90 Å². The summed E-state index contributed by atoms with van der Waals surface area (Å²) in [4.78, 5) is 1.67. The number of nitrogens with one attached hydrogen (secondary N) is 1. The first kappa shape index (κ1) is 8.71. The van der Waals surface area contributed by atoms with Crippen LogP contribution in [0.1, 0.15) is 5.56 Å². The third kappa shape index (κ3) is 1.81. The van der Waals surface area contributed by atoms with E-state index in [4.69, 9.17) is 5.41 Å². The van der Waals surface area contributed by atoms with Crippen molar-refractivity contribution >= 4 is 5.84 Å². The summed E-state index contributed by atoms with van der Waals surface area (Å²) in [5, 5.41) is 7.56. The number of amidine groups is 1. The van der Waals surface area contributed by atoms with Crippen LogP contribution in [0.2, 0.25) is 0 Å². The van der Waals surface area contributed by atoms with Crippen molar-refractivity contribution in [1.29, 1.82) is 5.41 Å². The fourth-order valence-electron chi connectivity index (χ4n) is 0.866. The van der Waals surface area contributed by atoms with E-state index in [1.807, 2.05) is 0 Å². The first-order valence-corrected chi connectivity index (χ1v) is 3.63. The fraction of sp³-hybridized carbons (Fsp3) is 0.222. The average Bonchev–Trinajstić information content (AvgIpc) is 2.04. The molecule has 1 rings (SSSR count). The number of benzene rings is 1. The maximum absolute atomic E-state index is 12.5. The minimum absolute atomic E-state index is 0.273. The van der Waals surface area contributed by atoms with Crippen molar-refractivity contribution in [3.63, 3.8) is 0 Å². The summed E-state index contributed by atoms with van der Waals surface area (Å²) >= 11 is 0. The summed E-state index contributed by atoms with van der Waals surface area (Å²) in [6.45, 7) is 0. The highest BCUT2D eigenvalue weighted by molar-refractivity contribution is 5.95. The molecule has 0 radical (unpaired) electrons. The quantitative estimate of drug-likeness (QED) is 0.499. The van der Waals surface area contributed by atoms with Gasteiger partial charge in [0.1, 0.15) is 11.7 Å². The Morgan fingerprint density at radius 2 is 1.75 bits per heavy atom. The summed E-state index contributed by atoms with van der Waals surface area (Å²) in [6, 6.07) is 5.90. The molecule has 0 saturated heterocycles. The van der Waals surface area contributed by atoms with Gasteiger partial charge in [0.25, 0.3) is 0 Å². The van der Waals surface area contributed by atoms with Crippen LogP contribution in [0.3, 0.4) is 0 Å². The largest absolute Gasteiger partial charge is 0.363 e. The minimum atomic E-state index is -0.273. The molecule has 0 saturated carbocycles. The van der Waals surface area contributed by atoms with Crippen LogP contribution >= 0.6 is 0 Å². The summed E-state index contributed by atoms with van der Waals surface area (Å²) in [6.07, 6.45) is 0. The van der Waals surface area contributed by atoms with E-state index in [1.54, 1.807) is 31.1 Å².